The summed E-state index contributed by atoms with van der Waals surface area (Å²) in [5, 5.41) is 23.0. The Balaban J connectivity index is 3.51. The largest absolute Gasteiger partial charge is 0.466 e. The van der Waals surface area contributed by atoms with Crippen molar-refractivity contribution in [2.75, 3.05) is 13.2 Å². The summed E-state index contributed by atoms with van der Waals surface area (Å²) < 4.78 is 5.45. The number of esters is 1. The van der Waals surface area contributed by atoms with Gasteiger partial charge in [-0.3, -0.25) is 9.59 Å². The van der Waals surface area contributed by atoms with E-state index in [4.69, 9.17) is 4.74 Å². The highest BCUT2D eigenvalue weighted by Gasteiger charge is 2.18. The van der Waals surface area contributed by atoms with E-state index < -0.39 is 12.1 Å². The van der Waals surface area contributed by atoms with Crippen LogP contribution in [0.4, 0.5) is 0 Å². The molecule has 2 atom stereocenters. The SMILES string of the molecule is CCCC/C=C\C/C=C\CCCCCCCC(=O)OCCCCCCCCC/C=C\CCCCCCCC(=O)NC(CO)C(O)/C=C/CCCCCCCCCCCCC. The number of aliphatic hydroxyl groups is 2. The van der Waals surface area contributed by atoms with Crippen LogP contribution >= 0.6 is 0 Å². The van der Waals surface area contributed by atoms with Crippen molar-refractivity contribution in [2.45, 2.75) is 270 Å². The lowest BCUT2D eigenvalue weighted by atomic mass is 10.0. The Morgan fingerprint density at radius 2 is 0.850 bits per heavy atom. The van der Waals surface area contributed by atoms with Gasteiger partial charge >= 0.3 is 5.97 Å². The van der Waals surface area contributed by atoms with Gasteiger partial charge in [0.15, 0.2) is 0 Å². The molecular weight excluding hydrogens is 743 g/mol. The predicted molar refractivity (Wildman–Crippen MR) is 259 cm³/mol. The van der Waals surface area contributed by atoms with Gasteiger partial charge < -0.3 is 20.3 Å². The molecule has 0 aromatic carbocycles. The second-order valence-corrected chi connectivity index (χ2v) is 17.5. The number of carbonyl (C=O) groups is 2. The Bertz CT molecular complexity index is 1020. The summed E-state index contributed by atoms with van der Waals surface area (Å²) in [4.78, 5) is 24.4. The molecule has 6 heteroatoms. The number of hydrogen-bond acceptors (Lipinski definition) is 5. The molecule has 0 rings (SSSR count). The summed E-state index contributed by atoms with van der Waals surface area (Å²) in [7, 11) is 0. The van der Waals surface area contributed by atoms with Gasteiger partial charge in [0.25, 0.3) is 0 Å². The number of hydrogen-bond donors (Lipinski definition) is 3. The minimum absolute atomic E-state index is 0.0195. The van der Waals surface area contributed by atoms with Gasteiger partial charge in [0.2, 0.25) is 5.91 Å². The van der Waals surface area contributed by atoms with Crippen molar-refractivity contribution in [3.63, 3.8) is 0 Å². The summed E-state index contributed by atoms with van der Waals surface area (Å²) in [6, 6.07) is -0.640. The molecule has 0 aromatic heterocycles. The van der Waals surface area contributed by atoms with Crippen LogP contribution in [-0.2, 0) is 14.3 Å². The van der Waals surface area contributed by atoms with Crippen LogP contribution < -0.4 is 5.32 Å². The molecular formula is C54H99NO5. The smallest absolute Gasteiger partial charge is 0.305 e. The van der Waals surface area contributed by atoms with Gasteiger partial charge in [0.1, 0.15) is 0 Å². The number of allylic oxidation sites excluding steroid dienone is 7. The topological polar surface area (TPSA) is 95.9 Å². The third-order valence-electron chi connectivity index (χ3n) is 11.6. The zero-order valence-corrected chi connectivity index (χ0v) is 39.7. The molecule has 0 bridgehead atoms. The lowest BCUT2D eigenvalue weighted by molar-refractivity contribution is -0.143. The molecule has 0 saturated heterocycles. The lowest BCUT2D eigenvalue weighted by Gasteiger charge is -2.20. The van der Waals surface area contributed by atoms with Crippen LogP contribution in [0.3, 0.4) is 0 Å². The van der Waals surface area contributed by atoms with Crippen molar-refractivity contribution in [1.82, 2.24) is 5.32 Å². The number of nitrogens with one attached hydrogen (secondary N) is 1. The predicted octanol–water partition coefficient (Wildman–Crippen LogP) is 15.5. The van der Waals surface area contributed by atoms with Crippen molar-refractivity contribution < 1.29 is 24.5 Å². The molecule has 3 N–H and O–H groups in total. The van der Waals surface area contributed by atoms with Crippen LogP contribution in [0, 0.1) is 0 Å². The van der Waals surface area contributed by atoms with Crippen molar-refractivity contribution in [1.29, 1.82) is 0 Å². The molecule has 0 aliphatic rings. The standard InChI is InChI=1S/C54H99NO5/c1-3-5-7-9-11-13-15-17-24-28-32-36-40-44-48-54(59)60-49-45-41-37-33-29-25-21-19-18-20-23-27-31-35-39-43-47-53(58)55-51(50-56)52(57)46-42-38-34-30-26-22-16-14-12-10-8-6-4-2/h9,11,15,17-18,20,42,46,51-52,56-57H,3-8,10,12-14,16,19,21-41,43-45,47-50H2,1-2H3,(H,55,58)/b11-9-,17-15-,20-18-,46-42+. The van der Waals surface area contributed by atoms with E-state index in [1.165, 1.54) is 161 Å². The Morgan fingerprint density at radius 3 is 1.33 bits per heavy atom. The highest BCUT2D eigenvalue weighted by Crippen LogP contribution is 2.14. The van der Waals surface area contributed by atoms with Crippen molar-refractivity contribution in [3.8, 4) is 0 Å². The number of unbranched alkanes of at least 4 members (excludes halogenated alkanes) is 30. The first-order chi connectivity index (χ1) is 29.5. The maximum atomic E-state index is 12.4. The molecule has 0 aliphatic heterocycles. The number of carbonyl (C=O) groups excluding carboxylic acids is 2. The quantitative estimate of drug-likeness (QED) is 0.0322. The molecule has 0 radical (unpaired) electrons. The van der Waals surface area contributed by atoms with Crippen LogP contribution in [0.5, 0.6) is 0 Å². The van der Waals surface area contributed by atoms with Gasteiger partial charge in [-0.05, 0) is 83.5 Å². The zero-order chi connectivity index (χ0) is 43.7. The number of aliphatic hydroxyl groups excluding tert-OH is 2. The van der Waals surface area contributed by atoms with E-state index in [1.54, 1.807) is 6.08 Å². The maximum absolute atomic E-state index is 12.4. The van der Waals surface area contributed by atoms with Crippen LogP contribution in [0.15, 0.2) is 48.6 Å². The van der Waals surface area contributed by atoms with E-state index in [1.807, 2.05) is 6.08 Å². The average Bonchev–Trinajstić information content (AvgIpc) is 3.25. The van der Waals surface area contributed by atoms with Crippen molar-refractivity contribution in [3.05, 3.63) is 48.6 Å². The van der Waals surface area contributed by atoms with Crippen molar-refractivity contribution in [2.24, 2.45) is 0 Å². The molecule has 6 nitrogen and oxygen atoms in total. The summed E-state index contributed by atoms with van der Waals surface area (Å²) in [5.74, 6) is -0.107. The van der Waals surface area contributed by atoms with Crippen LogP contribution in [0.1, 0.15) is 258 Å². The lowest BCUT2D eigenvalue weighted by Crippen LogP contribution is -2.45. The molecule has 0 aliphatic carbocycles. The summed E-state index contributed by atoms with van der Waals surface area (Å²) >= 11 is 0. The molecule has 0 spiro atoms. The highest BCUT2D eigenvalue weighted by atomic mass is 16.5. The second kappa shape index (κ2) is 49.5. The summed E-state index contributed by atoms with van der Waals surface area (Å²) in [6.45, 7) is 4.81. The molecule has 2 unspecified atom stereocenters. The molecule has 1 amide bonds. The monoisotopic (exact) mass is 842 g/mol. The Labute approximate surface area is 372 Å². The first kappa shape index (κ1) is 57.8. The van der Waals surface area contributed by atoms with Gasteiger partial charge in [0, 0.05) is 12.8 Å². The van der Waals surface area contributed by atoms with Crippen LogP contribution in [0.2, 0.25) is 0 Å². The first-order valence-corrected chi connectivity index (χ1v) is 25.9. The zero-order valence-electron chi connectivity index (χ0n) is 39.7. The van der Waals surface area contributed by atoms with Crippen molar-refractivity contribution >= 4 is 11.9 Å². The fourth-order valence-corrected chi connectivity index (χ4v) is 7.52. The maximum Gasteiger partial charge on any atom is 0.305 e. The Morgan fingerprint density at radius 1 is 0.467 bits per heavy atom. The summed E-state index contributed by atoms with van der Waals surface area (Å²) in [5.41, 5.74) is 0. The van der Waals surface area contributed by atoms with E-state index in [2.05, 4.69) is 55.6 Å². The van der Waals surface area contributed by atoms with Gasteiger partial charge in [0.05, 0.1) is 25.4 Å². The average molecular weight is 842 g/mol. The normalized spacial score (nSPS) is 13.1. The van der Waals surface area contributed by atoms with Crippen LogP contribution in [0.25, 0.3) is 0 Å². The fourth-order valence-electron chi connectivity index (χ4n) is 7.52. The fraction of sp³-hybridized carbons (Fsp3) is 0.815. The molecule has 350 valence electrons. The number of amides is 1. The van der Waals surface area contributed by atoms with Gasteiger partial charge in [-0.15, -0.1) is 0 Å². The Hall–Kier alpha value is -2.18. The second-order valence-electron chi connectivity index (χ2n) is 17.5. The van der Waals surface area contributed by atoms with E-state index >= 15 is 0 Å². The minimum atomic E-state index is -0.855. The third kappa shape index (κ3) is 45.3. The molecule has 0 heterocycles. The molecule has 0 fully saturated rings. The number of ether oxygens (including phenoxy) is 1. The molecule has 0 saturated carbocycles. The Kier molecular flexibility index (Phi) is 47.7. The number of rotatable bonds is 47. The minimum Gasteiger partial charge on any atom is -0.466 e. The molecule has 0 aromatic rings. The van der Waals surface area contributed by atoms with Crippen LogP contribution in [-0.4, -0.2) is 47.4 Å². The van der Waals surface area contributed by atoms with E-state index in [0.717, 1.165) is 70.6 Å². The van der Waals surface area contributed by atoms with Gasteiger partial charge in [-0.1, -0.05) is 210 Å². The van der Waals surface area contributed by atoms with E-state index in [0.29, 0.717) is 19.4 Å². The van der Waals surface area contributed by atoms with E-state index in [9.17, 15) is 19.8 Å². The summed E-state index contributed by atoms with van der Waals surface area (Å²) in [6.07, 6.45) is 61.1. The van der Waals surface area contributed by atoms with Gasteiger partial charge in [-0.25, -0.2) is 0 Å². The highest BCUT2D eigenvalue weighted by molar-refractivity contribution is 5.76. The first-order valence-electron chi connectivity index (χ1n) is 25.9. The molecule has 60 heavy (non-hydrogen) atoms. The van der Waals surface area contributed by atoms with E-state index in [-0.39, 0.29) is 18.5 Å². The van der Waals surface area contributed by atoms with Gasteiger partial charge in [-0.2, -0.15) is 0 Å². The third-order valence-corrected chi connectivity index (χ3v) is 11.6.